The smallest absolute Gasteiger partial charge is 0.244 e. The van der Waals surface area contributed by atoms with E-state index in [1.165, 1.54) is 0 Å². The molecule has 0 saturated carbocycles. The quantitative estimate of drug-likeness (QED) is 0.395. The molecular formula is C26H27ClN4O3. The third-order valence-corrected chi connectivity index (χ3v) is 5.55. The van der Waals surface area contributed by atoms with Crippen molar-refractivity contribution in [2.24, 2.45) is 0 Å². The number of rotatable bonds is 10. The normalized spacial score (nSPS) is 10.9. The van der Waals surface area contributed by atoms with E-state index >= 15 is 0 Å². The standard InChI is InChI=1S/C26H27ClN4O3/c1-26(2,25(32)31-21-7-5-20(17-28)22(27)16-21)30-11-4-14-34-23-8-6-19(15-24(23)33-3)18-9-12-29-13-10-18/h5-10,12-13,15-16,30H,4,11,14H2,1-3H3,(H,31,32). The van der Waals surface area contributed by atoms with Crippen molar-refractivity contribution in [2.45, 2.75) is 25.8 Å². The number of aromatic nitrogens is 1. The molecule has 0 unspecified atom stereocenters. The molecule has 0 radical (unpaired) electrons. The monoisotopic (exact) mass is 478 g/mol. The van der Waals surface area contributed by atoms with E-state index in [2.05, 4.69) is 15.6 Å². The molecule has 34 heavy (non-hydrogen) atoms. The lowest BCUT2D eigenvalue weighted by molar-refractivity contribution is -0.121. The van der Waals surface area contributed by atoms with E-state index < -0.39 is 5.54 Å². The van der Waals surface area contributed by atoms with Gasteiger partial charge in [-0.25, -0.2) is 0 Å². The van der Waals surface area contributed by atoms with Gasteiger partial charge in [-0.1, -0.05) is 17.7 Å². The van der Waals surface area contributed by atoms with E-state index in [9.17, 15) is 4.79 Å². The van der Waals surface area contributed by atoms with Crippen molar-refractivity contribution in [3.8, 4) is 28.7 Å². The van der Waals surface area contributed by atoms with Crippen LogP contribution in [0.4, 0.5) is 5.69 Å². The molecule has 3 aromatic rings. The van der Waals surface area contributed by atoms with Gasteiger partial charge in [-0.15, -0.1) is 0 Å². The minimum absolute atomic E-state index is 0.206. The van der Waals surface area contributed by atoms with Crippen LogP contribution >= 0.6 is 11.6 Å². The number of nitrogens with zero attached hydrogens (tertiary/aromatic N) is 2. The summed E-state index contributed by atoms with van der Waals surface area (Å²) in [4.78, 5) is 16.7. The van der Waals surface area contributed by atoms with Crippen LogP contribution in [0.5, 0.6) is 11.5 Å². The molecule has 7 nitrogen and oxygen atoms in total. The van der Waals surface area contributed by atoms with Crippen LogP contribution in [0.25, 0.3) is 11.1 Å². The van der Waals surface area contributed by atoms with E-state index in [0.29, 0.717) is 47.3 Å². The number of carbonyl (C=O) groups is 1. The fourth-order valence-corrected chi connectivity index (χ4v) is 3.44. The summed E-state index contributed by atoms with van der Waals surface area (Å²) in [6.45, 7) is 4.64. The zero-order valence-electron chi connectivity index (χ0n) is 19.4. The first-order chi connectivity index (χ1) is 16.3. The first-order valence-corrected chi connectivity index (χ1v) is 11.2. The number of halogens is 1. The van der Waals surface area contributed by atoms with Gasteiger partial charge in [0.05, 0.1) is 29.8 Å². The number of nitriles is 1. The van der Waals surface area contributed by atoms with Gasteiger partial charge in [-0.3, -0.25) is 9.78 Å². The molecule has 0 aliphatic rings. The third-order valence-electron chi connectivity index (χ3n) is 5.24. The maximum Gasteiger partial charge on any atom is 0.244 e. The number of benzene rings is 2. The number of carbonyl (C=O) groups excluding carboxylic acids is 1. The van der Waals surface area contributed by atoms with Crippen LogP contribution in [0.1, 0.15) is 25.8 Å². The minimum Gasteiger partial charge on any atom is -0.493 e. The lowest BCUT2D eigenvalue weighted by atomic mass is 10.0. The molecule has 2 N–H and O–H groups in total. The predicted octanol–water partition coefficient (Wildman–Crippen LogP) is 5.06. The van der Waals surface area contributed by atoms with Gasteiger partial charge in [0, 0.05) is 18.1 Å². The van der Waals surface area contributed by atoms with Crippen LogP contribution in [0.2, 0.25) is 5.02 Å². The van der Waals surface area contributed by atoms with Gasteiger partial charge >= 0.3 is 0 Å². The third kappa shape index (κ3) is 6.47. The largest absolute Gasteiger partial charge is 0.493 e. The molecule has 8 heteroatoms. The number of amides is 1. The molecule has 0 spiro atoms. The number of hydrogen-bond donors (Lipinski definition) is 2. The lowest BCUT2D eigenvalue weighted by Gasteiger charge is -2.25. The molecule has 0 fully saturated rings. The van der Waals surface area contributed by atoms with E-state index in [4.69, 9.17) is 26.3 Å². The molecule has 3 rings (SSSR count). The number of ether oxygens (including phenoxy) is 2. The Kier molecular flexibility index (Phi) is 8.47. The Morgan fingerprint density at radius 1 is 1.09 bits per heavy atom. The molecule has 1 aromatic heterocycles. The lowest BCUT2D eigenvalue weighted by Crippen LogP contribution is -2.50. The average Bonchev–Trinajstić information content (AvgIpc) is 2.84. The first-order valence-electron chi connectivity index (χ1n) is 10.8. The van der Waals surface area contributed by atoms with Crippen LogP contribution in [0, 0.1) is 11.3 Å². The van der Waals surface area contributed by atoms with Crippen molar-refractivity contribution in [2.75, 3.05) is 25.6 Å². The van der Waals surface area contributed by atoms with Gasteiger partial charge in [0.2, 0.25) is 5.91 Å². The van der Waals surface area contributed by atoms with E-state index in [-0.39, 0.29) is 5.91 Å². The Morgan fingerprint density at radius 2 is 1.85 bits per heavy atom. The number of methoxy groups -OCH3 is 1. The fourth-order valence-electron chi connectivity index (χ4n) is 3.22. The molecule has 0 aliphatic carbocycles. The van der Waals surface area contributed by atoms with Gasteiger partial charge in [0.15, 0.2) is 11.5 Å². The zero-order valence-corrected chi connectivity index (χ0v) is 20.1. The van der Waals surface area contributed by atoms with Crippen molar-refractivity contribution in [1.29, 1.82) is 5.26 Å². The number of hydrogen-bond acceptors (Lipinski definition) is 6. The Hall–Kier alpha value is -3.60. The highest BCUT2D eigenvalue weighted by Crippen LogP contribution is 2.32. The molecule has 1 heterocycles. The number of anilines is 1. The SMILES string of the molecule is COc1cc(-c2ccncc2)ccc1OCCCNC(C)(C)C(=O)Nc1ccc(C#N)c(Cl)c1. The van der Waals surface area contributed by atoms with Crippen LogP contribution < -0.4 is 20.1 Å². The van der Waals surface area contributed by atoms with Gasteiger partial charge in [-0.05, 0) is 80.4 Å². The van der Waals surface area contributed by atoms with Gasteiger partial charge in [0.25, 0.3) is 0 Å². The summed E-state index contributed by atoms with van der Waals surface area (Å²) in [6, 6.07) is 16.5. The Morgan fingerprint density at radius 3 is 2.53 bits per heavy atom. The summed E-state index contributed by atoms with van der Waals surface area (Å²) < 4.78 is 11.4. The van der Waals surface area contributed by atoms with Gasteiger partial charge in [-0.2, -0.15) is 5.26 Å². The van der Waals surface area contributed by atoms with Crippen molar-refractivity contribution in [1.82, 2.24) is 10.3 Å². The zero-order chi connectivity index (χ0) is 24.6. The minimum atomic E-state index is -0.815. The summed E-state index contributed by atoms with van der Waals surface area (Å²) in [5.74, 6) is 1.11. The summed E-state index contributed by atoms with van der Waals surface area (Å²) in [5, 5.41) is 15.3. The predicted molar refractivity (Wildman–Crippen MR) is 133 cm³/mol. The average molecular weight is 479 g/mol. The van der Waals surface area contributed by atoms with Crippen LogP contribution in [-0.4, -0.2) is 36.7 Å². The summed E-state index contributed by atoms with van der Waals surface area (Å²) in [5.41, 5.74) is 2.15. The van der Waals surface area contributed by atoms with E-state index in [0.717, 1.165) is 11.1 Å². The second-order valence-electron chi connectivity index (χ2n) is 8.12. The van der Waals surface area contributed by atoms with Crippen molar-refractivity contribution >= 4 is 23.2 Å². The Labute approximate surface area is 204 Å². The summed E-state index contributed by atoms with van der Waals surface area (Å²) in [7, 11) is 1.61. The Balaban J connectivity index is 1.48. The number of pyridine rings is 1. The molecule has 2 aromatic carbocycles. The maximum atomic E-state index is 12.7. The van der Waals surface area contributed by atoms with Crippen LogP contribution in [0.3, 0.4) is 0 Å². The number of nitrogens with one attached hydrogen (secondary N) is 2. The van der Waals surface area contributed by atoms with Crippen LogP contribution in [0.15, 0.2) is 60.9 Å². The molecular weight excluding hydrogens is 452 g/mol. The topological polar surface area (TPSA) is 96.3 Å². The van der Waals surface area contributed by atoms with E-state index in [1.807, 2.05) is 36.4 Å². The molecule has 0 saturated heterocycles. The highest BCUT2D eigenvalue weighted by molar-refractivity contribution is 6.32. The summed E-state index contributed by atoms with van der Waals surface area (Å²) in [6.07, 6.45) is 4.19. The molecule has 1 amide bonds. The molecule has 176 valence electrons. The van der Waals surface area contributed by atoms with Gasteiger partial charge in [0.1, 0.15) is 6.07 Å². The highest BCUT2D eigenvalue weighted by atomic mass is 35.5. The first kappa shape index (κ1) is 25.0. The fraction of sp³-hybridized carbons (Fsp3) is 0.269. The second kappa shape index (κ2) is 11.5. The molecule has 0 aliphatic heterocycles. The van der Waals surface area contributed by atoms with Gasteiger partial charge < -0.3 is 20.1 Å². The van der Waals surface area contributed by atoms with Crippen molar-refractivity contribution in [3.63, 3.8) is 0 Å². The van der Waals surface area contributed by atoms with E-state index in [1.54, 1.807) is 51.6 Å². The maximum absolute atomic E-state index is 12.7. The summed E-state index contributed by atoms with van der Waals surface area (Å²) >= 11 is 6.04. The molecule has 0 bridgehead atoms. The highest BCUT2D eigenvalue weighted by Gasteiger charge is 2.26. The van der Waals surface area contributed by atoms with Crippen molar-refractivity contribution in [3.05, 3.63) is 71.5 Å². The van der Waals surface area contributed by atoms with Crippen LogP contribution in [-0.2, 0) is 4.79 Å². The Bertz CT molecular complexity index is 1180. The second-order valence-corrected chi connectivity index (χ2v) is 8.52. The molecule has 0 atom stereocenters. The van der Waals surface area contributed by atoms with Crippen molar-refractivity contribution < 1.29 is 14.3 Å².